The highest BCUT2D eigenvalue weighted by atomic mass is 16.2. The minimum Gasteiger partial charge on any atom is -0.342 e. The predicted octanol–water partition coefficient (Wildman–Crippen LogP) is 2.81. The van der Waals surface area contributed by atoms with E-state index in [2.05, 4.69) is 15.4 Å². The first-order valence-corrected chi connectivity index (χ1v) is 8.53. The lowest BCUT2D eigenvalue weighted by atomic mass is 10.1. The van der Waals surface area contributed by atoms with Gasteiger partial charge in [0.1, 0.15) is 0 Å². The van der Waals surface area contributed by atoms with E-state index in [0.717, 1.165) is 5.56 Å². The number of nitrogens with one attached hydrogen (secondary N) is 1. The molecule has 0 saturated heterocycles. The van der Waals surface area contributed by atoms with Gasteiger partial charge in [0.15, 0.2) is 5.82 Å². The van der Waals surface area contributed by atoms with Crippen LogP contribution in [-0.2, 0) is 11.3 Å². The topological polar surface area (TPSA) is 80.1 Å². The van der Waals surface area contributed by atoms with Gasteiger partial charge < -0.3 is 10.2 Å². The second-order valence-electron chi connectivity index (χ2n) is 6.27. The molecule has 1 aromatic carbocycles. The summed E-state index contributed by atoms with van der Waals surface area (Å²) in [5.41, 5.74) is 2.79. The van der Waals surface area contributed by atoms with Gasteiger partial charge in [0.2, 0.25) is 5.91 Å². The van der Waals surface area contributed by atoms with Crippen molar-refractivity contribution >= 4 is 17.5 Å². The molecule has 7 nitrogen and oxygen atoms in total. The average Bonchev–Trinajstić information content (AvgIpc) is 3.04. The van der Waals surface area contributed by atoms with E-state index in [4.69, 9.17) is 0 Å². The maximum Gasteiger partial charge on any atom is 0.259 e. The zero-order chi connectivity index (χ0) is 19.4. The Labute approximate surface area is 157 Å². The number of hydrogen-bond donors (Lipinski definition) is 1. The lowest BCUT2D eigenvalue weighted by Crippen LogP contribution is -2.23. The minimum absolute atomic E-state index is 0.0120. The molecular weight excluding hydrogens is 342 g/mol. The molecule has 2 heterocycles. The smallest absolute Gasteiger partial charge is 0.259 e. The number of rotatable bonds is 5. The summed E-state index contributed by atoms with van der Waals surface area (Å²) in [4.78, 5) is 29.9. The summed E-state index contributed by atoms with van der Waals surface area (Å²) in [6.45, 7) is 3.83. The third-order valence-corrected chi connectivity index (χ3v) is 4.26. The Morgan fingerprint density at radius 2 is 2.00 bits per heavy atom. The van der Waals surface area contributed by atoms with Gasteiger partial charge in [-0.1, -0.05) is 18.2 Å². The van der Waals surface area contributed by atoms with Crippen LogP contribution >= 0.6 is 0 Å². The molecule has 7 heteroatoms. The number of aromatic nitrogens is 3. The molecule has 27 heavy (non-hydrogen) atoms. The number of carbonyl (C=O) groups excluding carboxylic acids is 2. The van der Waals surface area contributed by atoms with Crippen LogP contribution in [0.1, 0.15) is 28.5 Å². The summed E-state index contributed by atoms with van der Waals surface area (Å²) < 4.78 is 1.63. The van der Waals surface area contributed by atoms with Gasteiger partial charge in [-0.3, -0.25) is 9.59 Å². The molecule has 2 amide bonds. The van der Waals surface area contributed by atoms with Crippen LogP contribution in [0, 0.1) is 6.92 Å². The van der Waals surface area contributed by atoms with Gasteiger partial charge in [0.05, 0.1) is 17.5 Å². The molecule has 2 aromatic heterocycles. The molecule has 0 unspecified atom stereocenters. The molecular formula is C20H21N5O2. The van der Waals surface area contributed by atoms with E-state index >= 15 is 0 Å². The van der Waals surface area contributed by atoms with Gasteiger partial charge in [-0.2, -0.15) is 5.10 Å². The Kier molecular flexibility index (Phi) is 5.30. The molecule has 0 aliphatic carbocycles. The first-order chi connectivity index (χ1) is 13.0. The Morgan fingerprint density at radius 1 is 1.19 bits per heavy atom. The van der Waals surface area contributed by atoms with E-state index in [1.54, 1.807) is 22.8 Å². The average molecular weight is 363 g/mol. The van der Waals surface area contributed by atoms with Crippen LogP contribution in [0.5, 0.6) is 0 Å². The zero-order valence-corrected chi connectivity index (χ0v) is 15.5. The summed E-state index contributed by atoms with van der Waals surface area (Å²) in [5.74, 6) is 0.400. The van der Waals surface area contributed by atoms with Crippen molar-refractivity contribution in [2.45, 2.75) is 20.4 Å². The van der Waals surface area contributed by atoms with Crippen molar-refractivity contribution in [2.75, 3.05) is 12.4 Å². The fourth-order valence-electron chi connectivity index (χ4n) is 2.67. The van der Waals surface area contributed by atoms with Crippen molar-refractivity contribution in [3.05, 3.63) is 71.7 Å². The molecule has 3 aromatic rings. The number of hydrogen-bond acceptors (Lipinski definition) is 4. The third kappa shape index (κ3) is 4.20. The fourth-order valence-corrected chi connectivity index (χ4v) is 2.67. The summed E-state index contributed by atoms with van der Waals surface area (Å²) in [6, 6.07) is 13.0. The third-order valence-electron chi connectivity index (χ3n) is 4.26. The van der Waals surface area contributed by atoms with Crippen molar-refractivity contribution in [1.82, 2.24) is 19.7 Å². The number of anilines is 1. The van der Waals surface area contributed by atoms with Crippen LogP contribution in [0.15, 0.2) is 54.9 Å². The molecule has 0 spiro atoms. The molecule has 0 bridgehead atoms. The largest absolute Gasteiger partial charge is 0.342 e. The molecule has 0 atom stereocenters. The van der Waals surface area contributed by atoms with Crippen molar-refractivity contribution in [1.29, 1.82) is 0 Å². The van der Waals surface area contributed by atoms with Gasteiger partial charge in [-0.25, -0.2) is 9.67 Å². The minimum atomic E-state index is -0.244. The van der Waals surface area contributed by atoms with Crippen LogP contribution in [0.3, 0.4) is 0 Å². The number of pyridine rings is 1. The van der Waals surface area contributed by atoms with E-state index in [-0.39, 0.29) is 11.8 Å². The highest BCUT2D eigenvalue weighted by Gasteiger charge is 2.16. The summed E-state index contributed by atoms with van der Waals surface area (Å²) >= 11 is 0. The Balaban J connectivity index is 1.77. The van der Waals surface area contributed by atoms with Crippen LogP contribution < -0.4 is 5.32 Å². The van der Waals surface area contributed by atoms with E-state index < -0.39 is 0 Å². The van der Waals surface area contributed by atoms with Crippen LogP contribution in [0.25, 0.3) is 5.82 Å². The first kappa shape index (κ1) is 18.3. The molecule has 1 N–H and O–H groups in total. The molecule has 3 rings (SSSR count). The van der Waals surface area contributed by atoms with Gasteiger partial charge in [0, 0.05) is 32.4 Å². The molecule has 0 saturated carbocycles. The standard InChI is InChI=1S/C20H21N5O2/c1-14-18(12-22-25(14)19-9-4-5-10-21-19)20(27)23-17-8-6-7-16(11-17)13-24(3)15(2)26/h4-12H,13H2,1-3H3,(H,23,27). The number of amides is 2. The SMILES string of the molecule is CC(=O)N(C)Cc1cccc(NC(=O)c2cnn(-c3ccccn3)c2C)c1. The fraction of sp³-hybridized carbons (Fsp3) is 0.200. The Bertz CT molecular complexity index is 966. The van der Waals surface area contributed by atoms with Gasteiger partial charge in [-0.05, 0) is 36.8 Å². The Hall–Kier alpha value is -3.48. The zero-order valence-electron chi connectivity index (χ0n) is 15.5. The van der Waals surface area contributed by atoms with Gasteiger partial charge in [-0.15, -0.1) is 0 Å². The second kappa shape index (κ2) is 7.82. The molecule has 0 radical (unpaired) electrons. The summed E-state index contributed by atoms with van der Waals surface area (Å²) in [6.07, 6.45) is 3.21. The van der Waals surface area contributed by atoms with Crippen LogP contribution in [0.4, 0.5) is 5.69 Å². The maximum atomic E-state index is 12.7. The van der Waals surface area contributed by atoms with Gasteiger partial charge in [0.25, 0.3) is 5.91 Å². The Morgan fingerprint density at radius 3 is 2.70 bits per heavy atom. The van der Waals surface area contributed by atoms with Crippen molar-refractivity contribution in [3.8, 4) is 5.82 Å². The molecule has 0 aliphatic heterocycles. The van der Waals surface area contributed by atoms with Crippen LogP contribution in [-0.4, -0.2) is 38.5 Å². The monoisotopic (exact) mass is 363 g/mol. The number of nitrogens with zero attached hydrogens (tertiary/aromatic N) is 4. The van der Waals surface area contributed by atoms with Gasteiger partial charge >= 0.3 is 0 Å². The van der Waals surface area contributed by atoms with E-state index in [1.807, 2.05) is 49.4 Å². The quantitative estimate of drug-likeness (QED) is 0.756. The summed E-state index contributed by atoms with van der Waals surface area (Å²) in [7, 11) is 1.74. The highest BCUT2D eigenvalue weighted by Crippen LogP contribution is 2.16. The van der Waals surface area contributed by atoms with E-state index in [1.165, 1.54) is 13.1 Å². The van der Waals surface area contributed by atoms with E-state index in [9.17, 15) is 9.59 Å². The molecule has 0 fully saturated rings. The lowest BCUT2D eigenvalue weighted by molar-refractivity contribution is -0.128. The first-order valence-electron chi connectivity index (χ1n) is 8.53. The number of benzene rings is 1. The predicted molar refractivity (Wildman–Crippen MR) is 103 cm³/mol. The molecule has 0 aliphatic rings. The number of carbonyl (C=O) groups is 2. The van der Waals surface area contributed by atoms with Crippen molar-refractivity contribution in [2.24, 2.45) is 0 Å². The van der Waals surface area contributed by atoms with E-state index in [0.29, 0.717) is 29.3 Å². The normalized spacial score (nSPS) is 10.5. The lowest BCUT2D eigenvalue weighted by Gasteiger charge is -2.15. The van der Waals surface area contributed by atoms with Crippen LogP contribution in [0.2, 0.25) is 0 Å². The van der Waals surface area contributed by atoms with Crippen molar-refractivity contribution < 1.29 is 9.59 Å². The highest BCUT2D eigenvalue weighted by molar-refractivity contribution is 6.05. The summed E-state index contributed by atoms with van der Waals surface area (Å²) in [5, 5.41) is 7.16. The molecule has 138 valence electrons. The van der Waals surface area contributed by atoms with Crippen molar-refractivity contribution in [3.63, 3.8) is 0 Å². The maximum absolute atomic E-state index is 12.7. The second-order valence-corrected chi connectivity index (χ2v) is 6.27.